The van der Waals surface area contributed by atoms with Gasteiger partial charge in [0.2, 0.25) is 10.0 Å². The second-order valence-electron chi connectivity index (χ2n) is 10.8. The SMILES string of the molecule is Cc1cc(C(=O)N(C)C)ccc1CCS(=O)(=O)N1CCC2(CC1)N=C(c1cccc(COC(C)C)c1)NC2=O. The Balaban J connectivity index is 1.39. The third-order valence-electron chi connectivity index (χ3n) is 7.33. The van der Waals surface area contributed by atoms with Crippen molar-refractivity contribution in [2.75, 3.05) is 32.9 Å². The van der Waals surface area contributed by atoms with Crippen molar-refractivity contribution in [3.05, 3.63) is 70.3 Å². The Morgan fingerprint density at radius 2 is 1.87 bits per heavy atom. The van der Waals surface area contributed by atoms with Crippen molar-refractivity contribution in [2.24, 2.45) is 4.99 Å². The first kappa shape index (κ1) is 28.9. The van der Waals surface area contributed by atoms with Crippen LogP contribution in [0.5, 0.6) is 0 Å². The molecule has 2 aliphatic rings. The fourth-order valence-electron chi connectivity index (χ4n) is 4.93. The Morgan fingerprint density at radius 1 is 1.15 bits per heavy atom. The smallest absolute Gasteiger partial charge is 0.253 e. The lowest BCUT2D eigenvalue weighted by atomic mass is 9.89. The Morgan fingerprint density at radius 3 is 2.51 bits per heavy atom. The van der Waals surface area contributed by atoms with Crippen molar-refractivity contribution >= 4 is 27.7 Å². The lowest BCUT2D eigenvalue weighted by molar-refractivity contribution is -0.124. The van der Waals surface area contributed by atoms with Crippen LogP contribution in [-0.4, -0.2) is 79.9 Å². The largest absolute Gasteiger partial charge is 0.374 e. The zero-order valence-corrected chi connectivity index (χ0v) is 24.2. The first-order chi connectivity index (χ1) is 18.4. The molecule has 2 aliphatic heterocycles. The van der Waals surface area contributed by atoms with E-state index >= 15 is 0 Å². The molecule has 39 heavy (non-hydrogen) atoms. The summed E-state index contributed by atoms with van der Waals surface area (Å²) in [6.07, 6.45) is 1.13. The minimum absolute atomic E-state index is 0.0340. The summed E-state index contributed by atoms with van der Waals surface area (Å²) in [6.45, 7) is 6.81. The second kappa shape index (κ2) is 11.6. The average molecular weight is 555 g/mol. The number of sulfonamides is 1. The van der Waals surface area contributed by atoms with E-state index in [0.29, 0.717) is 37.3 Å². The molecule has 1 fully saturated rings. The molecule has 1 N–H and O–H groups in total. The number of ether oxygens (including phenoxy) is 1. The standard InChI is InChI=1S/C29H38N4O5S/c1-20(2)38-19-22-7-6-8-24(18-22)26-30-28(35)29(31-26)12-14-33(15-13-29)39(36,37)16-11-23-9-10-25(17-21(23)3)27(34)32(4)5/h6-10,17-18,20H,11-16,19H2,1-5H3,(H,30,31,35). The zero-order chi connectivity index (χ0) is 28.4. The number of amides is 2. The fourth-order valence-corrected chi connectivity index (χ4v) is 6.41. The van der Waals surface area contributed by atoms with Gasteiger partial charge >= 0.3 is 0 Å². The van der Waals surface area contributed by atoms with Gasteiger partial charge in [0.05, 0.1) is 18.5 Å². The van der Waals surface area contributed by atoms with Gasteiger partial charge < -0.3 is 15.0 Å². The first-order valence-corrected chi connectivity index (χ1v) is 14.9. The molecule has 1 saturated heterocycles. The number of hydrogen-bond acceptors (Lipinski definition) is 6. The normalized spacial score (nSPS) is 17.4. The van der Waals surface area contributed by atoms with Gasteiger partial charge in [-0.15, -0.1) is 0 Å². The van der Waals surface area contributed by atoms with Crippen molar-refractivity contribution < 1.29 is 22.7 Å². The van der Waals surface area contributed by atoms with E-state index in [0.717, 1.165) is 22.3 Å². The highest BCUT2D eigenvalue weighted by molar-refractivity contribution is 7.89. The van der Waals surface area contributed by atoms with Crippen molar-refractivity contribution in [3.8, 4) is 0 Å². The Labute approximate surface area is 231 Å². The summed E-state index contributed by atoms with van der Waals surface area (Å²) < 4.78 is 33.5. The average Bonchev–Trinajstić information content (AvgIpc) is 3.21. The number of hydrogen-bond donors (Lipinski definition) is 1. The highest BCUT2D eigenvalue weighted by Gasteiger charge is 2.47. The molecular formula is C29H38N4O5S. The highest BCUT2D eigenvalue weighted by atomic mass is 32.2. The third-order valence-corrected chi connectivity index (χ3v) is 9.20. The van der Waals surface area contributed by atoms with Gasteiger partial charge in [0.1, 0.15) is 11.4 Å². The van der Waals surface area contributed by atoms with Gasteiger partial charge in [-0.1, -0.05) is 24.3 Å². The zero-order valence-electron chi connectivity index (χ0n) is 23.4. The number of carbonyl (C=O) groups is 2. The number of nitrogens with one attached hydrogen (secondary N) is 1. The van der Waals surface area contributed by atoms with Gasteiger partial charge in [-0.3, -0.25) is 14.6 Å². The van der Waals surface area contributed by atoms with E-state index in [4.69, 9.17) is 9.73 Å². The molecule has 2 aromatic carbocycles. The maximum Gasteiger partial charge on any atom is 0.253 e. The van der Waals surface area contributed by atoms with Gasteiger partial charge in [0.25, 0.3) is 11.8 Å². The van der Waals surface area contributed by atoms with E-state index in [-0.39, 0.29) is 36.8 Å². The molecule has 0 radical (unpaired) electrons. The topological polar surface area (TPSA) is 108 Å². The molecule has 2 heterocycles. The van der Waals surface area contributed by atoms with Crippen molar-refractivity contribution in [2.45, 2.75) is 58.3 Å². The van der Waals surface area contributed by atoms with Crippen LogP contribution in [0.25, 0.3) is 0 Å². The van der Waals surface area contributed by atoms with E-state index in [1.54, 1.807) is 26.2 Å². The van der Waals surface area contributed by atoms with Crippen molar-refractivity contribution in [3.63, 3.8) is 0 Å². The first-order valence-electron chi connectivity index (χ1n) is 13.3. The van der Waals surface area contributed by atoms with Crippen LogP contribution < -0.4 is 5.32 Å². The van der Waals surface area contributed by atoms with Gasteiger partial charge in [-0.2, -0.15) is 0 Å². The monoisotopic (exact) mass is 554 g/mol. The van der Waals surface area contributed by atoms with E-state index < -0.39 is 15.6 Å². The number of aliphatic imine (C=N–C) groups is 1. The maximum atomic E-state index is 13.2. The van der Waals surface area contributed by atoms with Crippen LogP contribution in [0.15, 0.2) is 47.5 Å². The minimum Gasteiger partial charge on any atom is -0.374 e. The Bertz CT molecular complexity index is 1380. The number of aryl methyl sites for hydroxylation is 2. The number of benzene rings is 2. The third kappa shape index (κ3) is 6.57. The molecule has 10 heteroatoms. The lowest BCUT2D eigenvalue weighted by Gasteiger charge is -2.34. The second-order valence-corrected chi connectivity index (χ2v) is 12.9. The molecule has 1 spiro atoms. The summed E-state index contributed by atoms with van der Waals surface area (Å²) >= 11 is 0. The van der Waals surface area contributed by atoms with E-state index in [9.17, 15) is 18.0 Å². The molecule has 9 nitrogen and oxygen atoms in total. The summed E-state index contributed by atoms with van der Waals surface area (Å²) in [7, 11) is -0.126. The summed E-state index contributed by atoms with van der Waals surface area (Å²) in [5, 5.41) is 2.92. The van der Waals surface area contributed by atoms with Gasteiger partial charge in [-0.05, 0) is 74.9 Å². The van der Waals surface area contributed by atoms with Crippen LogP contribution in [0.1, 0.15) is 59.3 Å². The molecule has 0 bridgehead atoms. The number of amidine groups is 1. The van der Waals surface area contributed by atoms with Crippen molar-refractivity contribution in [1.82, 2.24) is 14.5 Å². The quantitative estimate of drug-likeness (QED) is 0.513. The summed E-state index contributed by atoms with van der Waals surface area (Å²) in [4.78, 5) is 31.5. The molecule has 4 rings (SSSR count). The Kier molecular flexibility index (Phi) is 8.58. The molecule has 2 amide bonds. The number of piperidine rings is 1. The molecule has 2 aromatic rings. The Hall–Kier alpha value is -3.08. The highest BCUT2D eigenvalue weighted by Crippen LogP contribution is 2.32. The van der Waals surface area contributed by atoms with E-state index in [2.05, 4.69) is 5.32 Å². The predicted octanol–water partition coefficient (Wildman–Crippen LogP) is 2.91. The molecular weight excluding hydrogens is 516 g/mol. The number of rotatable bonds is 9. The van der Waals surface area contributed by atoms with Gasteiger partial charge in [-0.25, -0.2) is 12.7 Å². The number of nitrogens with zero attached hydrogens (tertiary/aromatic N) is 3. The van der Waals surface area contributed by atoms with Crippen LogP contribution in [0, 0.1) is 6.92 Å². The molecule has 210 valence electrons. The van der Waals surface area contributed by atoms with Gasteiger partial charge in [0, 0.05) is 38.3 Å². The van der Waals surface area contributed by atoms with Crippen LogP contribution >= 0.6 is 0 Å². The van der Waals surface area contributed by atoms with E-state index in [1.165, 1.54) is 9.21 Å². The lowest BCUT2D eigenvalue weighted by Crippen LogP contribution is -2.50. The number of carbonyl (C=O) groups excluding carboxylic acids is 2. The molecule has 0 aromatic heterocycles. The van der Waals surface area contributed by atoms with Crippen LogP contribution in [0.3, 0.4) is 0 Å². The molecule has 0 atom stereocenters. The van der Waals surface area contributed by atoms with Crippen LogP contribution in [-0.2, 0) is 32.6 Å². The maximum absolute atomic E-state index is 13.2. The predicted molar refractivity (Wildman–Crippen MR) is 151 cm³/mol. The minimum atomic E-state index is -3.52. The molecule has 0 saturated carbocycles. The van der Waals surface area contributed by atoms with Crippen molar-refractivity contribution in [1.29, 1.82) is 0 Å². The van der Waals surface area contributed by atoms with Gasteiger partial charge in [0.15, 0.2) is 0 Å². The summed E-state index contributed by atoms with van der Waals surface area (Å²) in [6, 6.07) is 13.1. The summed E-state index contributed by atoms with van der Waals surface area (Å²) in [5.74, 6) is 0.221. The molecule has 0 aliphatic carbocycles. The van der Waals surface area contributed by atoms with E-state index in [1.807, 2.05) is 51.1 Å². The molecule has 0 unspecified atom stereocenters. The summed E-state index contributed by atoms with van der Waals surface area (Å²) in [5.41, 5.74) is 3.23. The van der Waals surface area contributed by atoms with Crippen LogP contribution in [0.4, 0.5) is 0 Å². The van der Waals surface area contributed by atoms with Crippen LogP contribution in [0.2, 0.25) is 0 Å². The fraction of sp³-hybridized carbons (Fsp3) is 0.483.